The van der Waals surface area contributed by atoms with Gasteiger partial charge in [0.05, 0.1) is 0 Å². The van der Waals surface area contributed by atoms with Crippen LogP contribution in [0.1, 0.15) is 12.8 Å². The van der Waals surface area contributed by atoms with Gasteiger partial charge in [-0.25, -0.2) is 0 Å². The van der Waals surface area contributed by atoms with Crippen molar-refractivity contribution < 1.29 is 0 Å². The Labute approximate surface area is 62.4 Å². The summed E-state index contributed by atoms with van der Waals surface area (Å²) in [6.07, 6.45) is 2.85. The van der Waals surface area contributed by atoms with E-state index in [9.17, 15) is 0 Å². The van der Waals surface area contributed by atoms with E-state index in [0.717, 1.165) is 11.8 Å². The van der Waals surface area contributed by atoms with Crippen LogP contribution in [0.2, 0.25) is 0 Å². The van der Waals surface area contributed by atoms with Crippen molar-refractivity contribution in [1.82, 2.24) is 10.6 Å². The second kappa shape index (κ2) is 2.89. The Kier molecular flexibility index (Phi) is 1.91. The molecular weight excluding hydrogens is 124 g/mol. The number of hydrogen-bond acceptors (Lipinski definition) is 2. The molecule has 0 aromatic carbocycles. The van der Waals surface area contributed by atoms with E-state index in [-0.39, 0.29) is 0 Å². The van der Waals surface area contributed by atoms with Crippen molar-refractivity contribution in [1.29, 1.82) is 0 Å². The largest absolute Gasteiger partial charge is 0.316 e. The van der Waals surface area contributed by atoms with E-state index < -0.39 is 0 Å². The molecule has 0 saturated carbocycles. The molecule has 2 heteroatoms. The Hall–Kier alpha value is -0.0800. The minimum Gasteiger partial charge on any atom is -0.316 e. The maximum absolute atomic E-state index is 3.46. The normalized spacial score (nSPS) is 35.4. The second-order valence-electron chi connectivity index (χ2n) is 3.52. The van der Waals surface area contributed by atoms with Crippen LogP contribution in [0.15, 0.2) is 0 Å². The molecule has 0 aromatic rings. The molecule has 0 unspecified atom stereocenters. The molecule has 1 atom stereocenters. The summed E-state index contributed by atoms with van der Waals surface area (Å²) in [5, 5.41) is 6.79. The van der Waals surface area contributed by atoms with Crippen LogP contribution in [-0.4, -0.2) is 26.2 Å². The zero-order valence-electron chi connectivity index (χ0n) is 6.40. The van der Waals surface area contributed by atoms with E-state index >= 15 is 0 Å². The molecule has 2 N–H and O–H groups in total. The van der Waals surface area contributed by atoms with Gasteiger partial charge in [-0.2, -0.15) is 0 Å². The van der Waals surface area contributed by atoms with Crippen molar-refractivity contribution in [2.24, 2.45) is 11.8 Å². The predicted molar refractivity (Wildman–Crippen MR) is 42.0 cm³/mol. The first-order valence-electron chi connectivity index (χ1n) is 4.38. The van der Waals surface area contributed by atoms with Crippen LogP contribution in [0.3, 0.4) is 0 Å². The van der Waals surface area contributed by atoms with E-state index in [4.69, 9.17) is 0 Å². The van der Waals surface area contributed by atoms with Gasteiger partial charge in [-0.05, 0) is 50.9 Å². The molecule has 2 heterocycles. The maximum Gasteiger partial charge on any atom is -0.000511 e. The topological polar surface area (TPSA) is 24.1 Å². The van der Waals surface area contributed by atoms with E-state index in [1.54, 1.807) is 0 Å². The standard InChI is InChI=1S/C8H16N2/c1-2-7(4-9-3-1)8-5-10-6-8/h7-10H,1-6H2/t7-/m0/s1. The molecule has 2 nitrogen and oxygen atoms in total. The van der Waals surface area contributed by atoms with Crippen molar-refractivity contribution in [3.63, 3.8) is 0 Å². The van der Waals surface area contributed by atoms with E-state index in [0.29, 0.717) is 0 Å². The van der Waals surface area contributed by atoms with Crippen LogP contribution in [-0.2, 0) is 0 Å². The summed E-state index contributed by atoms with van der Waals surface area (Å²) in [5.74, 6) is 1.97. The first-order chi connectivity index (χ1) is 4.97. The summed E-state index contributed by atoms with van der Waals surface area (Å²) in [6.45, 7) is 5.06. The molecule has 0 aliphatic carbocycles. The lowest BCUT2D eigenvalue weighted by Crippen LogP contribution is -2.50. The molecule has 0 aromatic heterocycles. The zero-order chi connectivity index (χ0) is 6.81. The molecule has 2 rings (SSSR count). The highest BCUT2D eigenvalue weighted by Gasteiger charge is 2.27. The molecule has 0 bridgehead atoms. The van der Waals surface area contributed by atoms with Gasteiger partial charge in [0.1, 0.15) is 0 Å². The maximum atomic E-state index is 3.46. The average molecular weight is 140 g/mol. The fraction of sp³-hybridized carbons (Fsp3) is 1.00. The molecule has 0 spiro atoms. The van der Waals surface area contributed by atoms with Crippen molar-refractivity contribution in [3.8, 4) is 0 Å². The monoisotopic (exact) mass is 140 g/mol. The third-order valence-corrected chi connectivity index (χ3v) is 2.81. The van der Waals surface area contributed by atoms with Gasteiger partial charge in [-0.1, -0.05) is 0 Å². The summed E-state index contributed by atoms with van der Waals surface area (Å²) in [6, 6.07) is 0. The zero-order valence-corrected chi connectivity index (χ0v) is 6.40. The molecule has 2 aliphatic heterocycles. The molecule has 2 aliphatic rings. The molecule has 2 fully saturated rings. The summed E-state index contributed by atoms with van der Waals surface area (Å²) >= 11 is 0. The van der Waals surface area contributed by atoms with Gasteiger partial charge in [-0.3, -0.25) is 0 Å². The van der Waals surface area contributed by atoms with Crippen LogP contribution in [0.5, 0.6) is 0 Å². The first kappa shape index (κ1) is 6.62. The Balaban J connectivity index is 1.78. The average Bonchev–Trinajstić information content (AvgIpc) is 1.86. The summed E-state index contributed by atoms with van der Waals surface area (Å²) < 4.78 is 0. The molecule has 58 valence electrons. The Morgan fingerprint density at radius 1 is 0.900 bits per heavy atom. The van der Waals surface area contributed by atoms with Crippen molar-refractivity contribution in [3.05, 3.63) is 0 Å². The number of nitrogens with one attached hydrogen (secondary N) is 2. The highest BCUT2D eigenvalue weighted by atomic mass is 15.0. The molecular formula is C8H16N2. The lowest BCUT2D eigenvalue weighted by atomic mass is 9.83. The number of rotatable bonds is 1. The Morgan fingerprint density at radius 2 is 1.70 bits per heavy atom. The van der Waals surface area contributed by atoms with Crippen molar-refractivity contribution in [2.75, 3.05) is 26.2 Å². The third kappa shape index (κ3) is 1.18. The van der Waals surface area contributed by atoms with Gasteiger partial charge in [0.15, 0.2) is 0 Å². The smallest absolute Gasteiger partial charge is 0.000511 e. The van der Waals surface area contributed by atoms with Gasteiger partial charge in [0, 0.05) is 0 Å². The van der Waals surface area contributed by atoms with Crippen LogP contribution >= 0.6 is 0 Å². The molecule has 10 heavy (non-hydrogen) atoms. The van der Waals surface area contributed by atoms with Gasteiger partial charge in [0.2, 0.25) is 0 Å². The fourth-order valence-corrected chi connectivity index (χ4v) is 1.93. The second-order valence-corrected chi connectivity index (χ2v) is 3.52. The SMILES string of the molecule is C1CNC[C@@H](C2CNC2)C1. The number of hydrogen-bond donors (Lipinski definition) is 2. The minimum atomic E-state index is 0.981. The third-order valence-electron chi connectivity index (χ3n) is 2.81. The van der Waals surface area contributed by atoms with E-state index in [1.807, 2.05) is 0 Å². The van der Waals surface area contributed by atoms with Crippen LogP contribution in [0, 0.1) is 11.8 Å². The summed E-state index contributed by atoms with van der Waals surface area (Å²) in [5.41, 5.74) is 0. The van der Waals surface area contributed by atoms with Crippen molar-refractivity contribution >= 4 is 0 Å². The number of piperidine rings is 1. The first-order valence-corrected chi connectivity index (χ1v) is 4.38. The van der Waals surface area contributed by atoms with Gasteiger partial charge >= 0.3 is 0 Å². The lowest BCUT2D eigenvalue weighted by Gasteiger charge is -2.37. The van der Waals surface area contributed by atoms with Crippen LogP contribution < -0.4 is 10.6 Å². The molecule has 0 amide bonds. The molecule has 2 saturated heterocycles. The van der Waals surface area contributed by atoms with Gasteiger partial charge in [-0.15, -0.1) is 0 Å². The quantitative estimate of drug-likeness (QED) is 0.544. The lowest BCUT2D eigenvalue weighted by molar-refractivity contribution is 0.195. The highest BCUT2D eigenvalue weighted by Crippen LogP contribution is 2.22. The minimum absolute atomic E-state index is 0.981. The van der Waals surface area contributed by atoms with E-state index in [1.165, 1.54) is 39.0 Å². The summed E-state index contributed by atoms with van der Waals surface area (Å²) in [4.78, 5) is 0. The predicted octanol–water partition coefficient (Wildman–Crippen LogP) is 0.205. The summed E-state index contributed by atoms with van der Waals surface area (Å²) in [7, 11) is 0. The molecule has 0 radical (unpaired) electrons. The fourth-order valence-electron chi connectivity index (χ4n) is 1.93. The Morgan fingerprint density at radius 3 is 2.20 bits per heavy atom. The van der Waals surface area contributed by atoms with E-state index in [2.05, 4.69) is 10.6 Å². The van der Waals surface area contributed by atoms with Gasteiger partial charge < -0.3 is 10.6 Å². The van der Waals surface area contributed by atoms with Gasteiger partial charge in [0.25, 0.3) is 0 Å². The Bertz CT molecular complexity index is 104. The van der Waals surface area contributed by atoms with Crippen LogP contribution in [0.4, 0.5) is 0 Å². The van der Waals surface area contributed by atoms with Crippen LogP contribution in [0.25, 0.3) is 0 Å². The van der Waals surface area contributed by atoms with Crippen molar-refractivity contribution in [2.45, 2.75) is 12.8 Å². The highest BCUT2D eigenvalue weighted by molar-refractivity contribution is 4.84.